The SMILES string of the molecule is Nc1oncc1-c1ccc(C2CCOCC2)cc1. The molecule has 0 bridgehead atoms. The Bertz CT molecular complexity index is 513. The van der Waals surface area contributed by atoms with Crippen LogP contribution in [0.25, 0.3) is 11.1 Å². The first kappa shape index (κ1) is 11.3. The molecule has 2 heterocycles. The zero-order valence-corrected chi connectivity index (χ0v) is 10.1. The van der Waals surface area contributed by atoms with Crippen LogP contribution < -0.4 is 5.73 Å². The van der Waals surface area contributed by atoms with Crippen LogP contribution >= 0.6 is 0 Å². The predicted octanol–water partition coefficient (Wildman–Crippen LogP) is 2.82. The van der Waals surface area contributed by atoms with Gasteiger partial charge in [0.2, 0.25) is 5.88 Å². The van der Waals surface area contributed by atoms with Crippen LogP contribution in [0.3, 0.4) is 0 Å². The smallest absolute Gasteiger partial charge is 0.229 e. The molecule has 0 spiro atoms. The van der Waals surface area contributed by atoms with Gasteiger partial charge in [-0.2, -0.15) is 0 Å². The van der Waals surface area contributed by atoms with Crippen molar-refractivity contribution in [1.82, 2.24) is 5.16 Å². The molecule has 0 unspecified atom stereocenters. The molecule has 4 heteroatoms. The minimum Gasteiger partial charge on any atom is -0.381 e. The number of hydrogen-bond donors (Lipinski definition) is 1. The average Bonchev–Trinajstić information content (AvgIpc) is 2.86. The number of anilines is 1. The maximum absolute atomic E-state index is 5.71. The molecule has 1 aliphatic rings. The maximum Gasteiger partial charge on any atom is 0.229 e. The summed E-state index contributed by atoms with van der Waals surface area (Å²) in [4.78, 5) is 0. The van der Waals surface area contributed by atoms with E-state index in [9.17, 15) is 0 Å². The van der Waals surface area contributed by atoms with Gasteiger partial charge in [0.1, 0.15) is 0 Å². The van der Waals surface area contributed by atoms with Crippen molar-refractivity contribution < 1.29 is 9.26 Å². The van der Waals surface area contributed by atoms with E-state index in [0.29, 0.717) is 11.8 Å². The summed E-state index contributed by atoms with van der Waals surface area (Å²) >= 11 is 0. The van der Waals surface area contributed by atoms with Crippen molar-refractivity contribution in [2.75, 3.05) is 18.9 Å². The van der Waals surface area contributed by atoms with Gasteiger partial charge in [0, 0.05) is 13.2 Å². The molecule has 0 amide bonds. The molecular formula is C14H16N2O2. The molecule has 1 aliphatic heterocycles. The van der Waals surface area contributed by atoms with Crippen LogP contribution in [0.4, 0.5) is 5.88 Å². The van der Waals surface area contributed by atoms with E-state index in [4.69, 9.17) is 15.0 Å². The van der Waals surface area contributed by atoms with E-state index in [2.05, 4.69) is 29.4 Å². The largest absolute Gasteiger partial charge is 0.381 e. The Kier molecular flexibility index (Phi) is 3.02. The van der Waals surface area contributed by atoms with Gasteiger partial charge in [-0.1, -0.05) is 29.4 Å². The Labute approximate surface area is 106 Å². The number of hydrogen-bond acceptors (Lipinski definition) is 4. The van der Waals surface area contributed by atoms with Crippen LogP contribution in [0.15, 0.2) is 35.0 Å². The summed E-state index contributed by atoms with van der Waals surface area (Å²) in [5.41, 5.74) is 8.98. The highest BCUT2D eigenvalue weighted by atomic mass is 16.5. The molecule has 3 rings (SSSR count). The highest BCUT2D eigenvalue weighted by Crippen LogP contribution is 2.30. The van der Waals surface area contributed by atoms with Crippen LogP contribution in [-0.2, 0) is 4.74 Å². The predicted molar refractivity (Wildman–Crippen MR) is 69.1 cm³/mol. The zero-order chi connectivity index (χ0) is 12.4. The summed E-state index contributed by atoms with van der Waals surface area (Å²) < 4.78 is 10.3. The number of nitrogen functional groups attached to an aromatic ring is 1. The fourth-order valence-corrected chi connectivity index (χ4v) is 2.43. The van der Waals surface area contributed by atoms with Crippen LogP contribution in [-0.4, -0.2) is 18.4 Å². The lowest BCUT2D eigenvalue weighted by atomic mass is 9.91. The minimum atomic E-state index is 0.369. The van der Waals surface area contributed by atoms with Gasteiger partial charge in [0.25, 0.3) is 0 Å². The van der Waals surface area contributed by atoms with Gasteiger partial charge < -0.3 is 15.0 Å². The van der Waals surface area contributed by atoms with Gasteiger partial charge in [-0.25, -0.2) is 0 Å². The topological polar surface area (TPSA) is 61.3 Å². The molecule has 0 atom stereocenters. The van der Waals surface area contributed by atoms with E-state index in [1.54, 1.807) is 6.20 Å². The van der Waals surface area contributed by atoms with Crippen LogP contribution in [0.1, 0.15) is 24.3 Å². The van der Waals surface area contributed by atoms with Crippen molar-refractivity contribution in [1.29, 1.82) is 0 Å². The fourth-order valence-electron chi connectivity index (χ4n) is 2.43. The fraction of sp³-hybridized carbons (Fsp3) is 0.357. The molecule has 1 aromatic carbocycles. The lowest BCUT2D eigenvalue weighted by Gasteiger charge is -2.22. The molecule has 1 fully saturated rings. The summed E-state index contributed by atoms with van der Waals surface area (Å²) in [5, 5.41) is 3.69. The van der Waals surface area contributed by atoms with Crippen molar-refractivity contribution in [3.63, 3.8) is 0 Å². The molecule has 2 N–H and O–H groups in total. The van der Waals surface area contributed by atoms with Gasteiger partial charge in [0.15, 0.2) is 0 Å². The lowest BCUT2D eigenvalue weighted by Crippen LogP contribution is -2.13. The van der Waals surface area contributed by atoms with E-state index >= 15 is 0 Å². The van der Waals surface area contributed by atoms with Gasteiger partial charge in [-0.15, -0.1) is 0 Å². The third-order valence-electron chi connectivity index (χ3n) is 3.51. The molecule has 0 saturated carbocycles. The molecule has 94 valence electrons. The quantitative estimate of drug-likeness (QED) is 0.882. The summed E-state index contributed by atoms with van der Waals surface area (Å²) in [6.07, 6.45) is 3.86. The van der Waals surface area contributed by atoms with E-state index in [0.717, 1.165) is 37.2 Å². The number of ether oxygens (including phenoxy) is 1. The van der Waals surface area contributed by atoms with Gasteiger partial charge in [-0.05, 0) is 29.9 Å². The molecule has 0 radical (unpaired) electrons. The van der Waals surface area contributed by atoms with Crippen molar-refractivity contribution in [3.05, 3.63) is 36.0 Å². The van der Waals surface area contributed by atoms with Crippen LogP contribution in [0.2, 0.25) is 0 Å². The average molecular weight is 244 g/mol. The van der Waals surface area contributed by atoms with Crippen LogP contribution in [0.5, 0.6) is 0 Å². The monoisotopic (exact) mass is 244 g/mol. The summed E-state index contributed by atoms with van der Waals surface area (Å²) in [6, 6.07) is 8.48. The Hall–Kier alpha value is -1.81. The third-order valence-corrected chi connectivity index (χ3v) is 3.51. The number of benzene rings is 1. The van der Waals surface area contributed by atoms with Gasteiger partial charge in [-0.3, -0.25) is 0 Å². The highest BCUT2D eigenvalue weighted by Gasteiger charge is 2.16. The van der Waals surface area contributed by atoms with Crippen molar-refractivity contribution >= 4 is 5.88 Å². The number of rotatable bonds is 2. The Morgan fingerprint density at radius 3 is 2.44 bits per heavy atom. The summed E-state index contributed by atoms with van der Waals surface area (Å²) in [5.74, 6) is 0.987. The van der Waals surface area contributed by atoms with E-state index in [1.165, 1.54) is 5.56 Å². The number of aromatic nitrogens is 1. The van der Waals surface area contributed by atoms with Crippen molar-refractivity contribution in [2.24, 2.45) is 0 Å². The second-order valence-electron chi connectivity index (χ2n) is 4.61. The standard InChI is InChI=1S/C14H16N2O2/c15-14-13(9-16-18-14)12-3-1-10(2-4-12)11-5-7-17-8-6-11/h1-4,9,11H,5-8,15H2. The normalized spacial score (nSPS) is 16.9. The first-order valence-electron chi connectivity index (χ1n) is 6.23. The maximum atomic E-state index is 5.71. The first-order chi connectivity index (χ1) is 8.84. The molecule has 2 aromatic rings. The van der Waals surface area contributed by atoms with Crippen molar-refractivity contribution in [3.8, 4) is 11.1 Å². The Balaban J connectivity index is 1.82. The Morgan fingerprint density at radius 1 is 1.11 bits per heavy atom. The second kappa shape index (κ2) is 4.82. The lowest BCUT2D eigenvalue weighted by molar-refractivity contribution is 0.0853. The summed E-state index contributed by atoms with van der Waals surface area (Å²) in [7, 11) is 0. The Morgan fingerprint density at radius 2 is 1.83 bits per heavy atom. The number of nitrogens with two attached hydrogens (primary N) is 1. The zero-order valence-electron chi connectivity index (χ0n) is 10.1. The molecule has 4 nitrogen and oxygen atoms in total. The highest BCUT2D eigenvalue weighted by molar-refractivity contribution is 5.71. The third kappa shape index (κ3) is 2.11. The van der Waals surface area contributed by atoms with E-state index in [1.807, 2.05) is 0 Å². The molecular weight excluding hydrogens is 228 g/mol. The van der Waals surface area contributed by atoms with Gasteiger partial charge >= 0.3 is 0 Å². The summed E-state index contributed by atoms with van der Waals surface area (Å²) in [6.45, 7) is 1.73. The van der Waals surface area contributed by atoms with Crippen molar-refractivity contribution in [2.45, 2.75) is 18.8 Å². The van der Waals surface area contributed by atoms with Crippen LogP contribution in [0, 0.1) is 0 Å². The molecule has 1 aromatic heterocycles. The molecule has 18 heavy (non-hydrogen) atoms. The van der Waals surface area contributed by atoms with E-state index in [-0.39, 0.29) is 0 Å². The van der Waals surface area contributed by atoms with Gasteiger partial charge in [0.05, 0.1) is 11.8 Å². The minimum absolute atomic E-state index is 0.369. The first-order valence-corrected chi connectivity index (χ1v) is 6.23. The number of nitrogens with zero attached hydrogens (tertiary/aromatic N) is 1. The second-order valence-corrected chi connectivity index (χ2v) is 4.61. The molecule has 0 aliphatic carbocycles. The molecule has 1 saturated heterocycles. The van der Waals surface area contributed by atoms with E-state index < -0.39 is 0 Å².